The van der Waals surface area contributed by atoms with Gasteiger partial charge in [0.1, 0.15) is 0 Å². The van der Waals surface area contributed by atoms with Gasteiger partial charge >= 0.3 is 0 Å². The van der Waals surface area contributed by atoms with Crippen LogP contribution in [0.3, 0.4) is 0 Å². The van der Waals surface area contributed by atoms with Gasteiger partial charge < -0.3 is 11.5 Å². The Morgan fingerprint density at radius 1 is 1.19 bits per heavy atom. The molecule has 0 saturated heterocycles. The molecular weight excluding hydrogens is 290 g/mol. The first-order valence-electron chi connectivity index (χ1n) is 6.57. The normalized spacial score (nSPS) is 12.0. The lowest BCUT2D eigenvalue weighted by atomic mass is 10.1. The molecule has 2 rings (SSSR count). The molecule has 0 fully saturated rings. The largest absolute Gasteiger partial charge is 0.381 e. The van der Waals surface area contributed by atoms with Crippen LogP contribution in [-0.4, -0.2) is 28.7 Å². The van der Waals surface area contributed by atoms with Crippen molar-refractivity contribution in [3.8, 4) is 0 Å². The summed E-state index contributed by atoms with van der Waals surface area (Å²) in [5, 5.41) is 6.81. The summed E-state index contributed by atoms with van der Waals surface area (Å²) < 4.78 is 25.6. The molecule has 1 heterocycles. The van der Waals surface area contributed by atoms with E-state index in [9.17, 15) is 8.42 Å². The molecule has 0 saturated carbocycles. The molecule has 0 spiro atoms. The van der Waals surface area contributed by atoms with Crippen LogP contribution in [0.1, 0.15) is 25.0 Å². The second kappa shape index (κ2) is 5.82. The number of anilines is 1. The summed E-state index contributed by atoms with van der Waals surface area (Å²) in [4.78, 5) is 0. The number of aromatic nitrogens is 3. The van der Waals surface area contributed by atoms with Crippen LogP contribution in [-0.2, 0) is 22.9 Å². The lowest BCUT2D eigenvalue weighted by molar-refractivity contribution is 0.583. The fourth-order valence-corrected chi connectivity index (χ4v) is 2.79. The summed E-state index contributed by atoms with van der Waals surface area (Å²) in [6.45, 7) is 4.00. The Morgan fingerprint density at radius 3 is 2.29 bits per heavy atom. The quantitative estimate of drug-likeness (QED) is 0.833. The Kier molecular flexibility index (Phi) is 4.29. The number of benzene rings is 1. The fourth-order valence-electron chi connectivity index (χ4n) is 1.80. The molecule has 114 valence electrons. The average Bonchev–Trinajstić information content (AvgIpc) is 2.81. The lowest BCUT2D eigenvalue weighted by Crippen LogP contribution is -2.16. The van der Waals surface area contributed by atoms with Crippen LogP contribution in [0.4, 0.5) is 5.82 Å². The Labute approximate surface area is 123 Å². The van der Waals surface area contributed by atoms with E-state index in [0.29, 0.717) is 13.1 Å². The molecule has 2 aromatic rings. The molecule has 1 aromatic carbocycles. The molecule has 0 aliphatic carbocycles. The average molecular weight is 309 g/mol. The van der Waals surface area contributed by atoms with Crippen molar-refractivity contribution in [3.05, 3.63) is 35.4 Å². The lowest BCUT2D eigenvalue weighted by Gasteiger charge is -2.07. The van der Waals surface area contributed by atoms with Gasteiger partial charge in [0.15, 0.2) is 5.82 Å². The van der Waals surface area contributed by atoms with E-state index >= 15 is 0 Å². The first-order chi connectivity index (χ1) is 9.86. The van der Waals surface area contributed by atoms with E-state index in [1.165, 1.54) is 4.68 Å². The minimum Gasteiger partial charge on any atom is -0.381 e. The third-order valence-electron chi connectivity index (χ3n) is 3.22. The van der Waals surface area contributed by atoms with Gasteiger partial charge in [-0.1, -0.05) is 29.5 Å². The Hall–Kier alpha value is -1.93. The molecule has 7 nitrogen and oxygen atoms in total. The number of nitrogen functional groups attached to an aromatic ring is 1. The molecule has 0 atom stereocenters. The van der Waals surface area contributed by atoms with E-state index in [1.54, 1.807) is 13.8 Å². The molecule has 0 amide bonds. The predicted molar refractivity (Wildman–Crippen MR) is 80.2 cm³/mol. The number of nitrogens with two attached hydrogens (primary N) is 2. The number of nitrogens with zero attached hydrogens (tertiary/aromatic N) is 3. The molecule has 0 radical (unpaired) electrons. The zero-order chi connectivity index (χ0) is 15.6. The minimum absolute atomic E-state index is 0.0617. The molecule has 21 heavy (non-hydrogen) atoms. The number of hydrogen-bond donors (Lipinski definition) is 2. The van der Waals surface area contributed by atoms with E-state index in [1.807, 2.05) is 24.3 Å². The minimum atomic E-state index is -3.53. The van der Waals surface area contributed by atoms with Crippen molar-refractivity contribution in [2.24, 2.45) is 5.73 Å². The van der Waals surface area contributed by atoms with E-state index < -0.39 is 15.1 Å². The van der Waals surface area contributed by atoms with Crippen molar-refractivity contribution >= 4 is 15.7 Å². The van der Waals surface area contributed by atoms with Gasteiger partial charge in [0, 0.05) is 6.54 Å². The topological polar surface area (TPSA) is 117 Å². The Morgan fingerprint density at radius 2 is 1.76 bits per heavy atom. The van der Waals surface area contributed by atoms with Gasteiger partial charge in [-0.05, 0) is 25.0 Å². The second-order valence-corrected chi connectivity index (χ2v) is 7.47. The highest BCUT2D eigenvalue weighted by molar-refractivity contribution is 7.92. The smallest absolute Gasteiger partial charge is 0.221 e. The third-order valence-corrected chi connectivity index (χ3v) is 5.29. The molecule has 8 heteroatoms. The number of hydrogen-bond acceptors (Lipinski definition) is 6. The van der Waals surface area contributed by atoms with Crippen molar-refractivity contribution in [2.45, 2.75) is 37.2 Å². The Balaban J connectivity index is 2.28. The first-order valence-corrected chi connectivity index (χ1v) is 8.11. The summed E-state index contributed by atoms with van der Waals surface area (Å²) in [6, 6.07) is 7.63. The Bertz CT molecular complexity index is 720. The van der Waals surface area contributed by atoms with Gasteiger partial charge in [-0.25, -0.2) is 13.1 Å². The van der Waals surface area contributed by atoms with Gasteiger partial charge in [0.2, 0.25) is 14.9 Å². The van der Waals surface area contributed by atoms with E-state index in [4.69, 9.17) is 11.5 Å². The maximum Gasteiger partial charge on any atom is 0.221 e. The molecule has 4 N–H and O–H groups in total. The van der Waals surface area contributed by atoms with Crippen molar-refractivity contribution in [1.29, 1.82) is 0 Å². The SMILES string of the molecule is CC(C)S(=O)(=O)c1nnn(Cc2ccc(CN)cc2)c1N. The van der Waals surface area contributed by atoms with Gasteiger partial charge in [0.05, 0.1) is 11.8 Å². The maximum absolute atomic E-state index is 12.1. The van der Waals surface area contributed by atoms with Crippen LogP contribution in [0.25, 0.3) is 0 Å². The molecular formula is C13H19N5O2S. The van der Waals surface area contributed by atoms with Gasteiger partial charge in [-0.3, -0.25) is 0 Å². The van der Waals surface area contributed by atoms with Gasteiger partial charge in [-0.2, -0.15) is 0 Å². The van der Waals surface area contributed by atoms with Crippen LogP contribution >= 0.6 is 0 Å². The highest BCUT2D eigenvalue weighted by atomic mass is 32.2. The van der Waals surface area contributed by atoms with Crippen LogP contribution in [0, 0.1) is 0 Å². The number of sulfone groups is 1. The van der Waals surface area contributed by atoms with Crippen molar-refractivity contribution < 1.29 is 8.42 Å². The molecule has 0 unspecified atom stereocenters. The van der Waals surface area contributed by atoms with Gasteiger partial charge in [0.25, 0.3) is 0 Å². The number of rotatable bonds is 5. The highest BCUT2D eigenvalue weighted by Gasteiger charge is 2.27. The summed E-state index contributed by atoms with van der Waals surface area (Å²) in [5.41, 5.74) is 13.4. The summed E-state index contributed by atoms with van der Waals surface area (Å²) in [5.74, 6) is 0.0617. The second-order valence-electron chi connectivity index (χ2n) is 5.05. The summed E-state index contributed by atoms with van der Waals surface area (Å²) in [7, 11) is -3.53. The summed E-state index contributed by atoms with van der Waals surface area (Å²) in [6.07, 6.45) is 0. The van der Waals surface area contributed by atoms with Crippen LogP contribution in [0.5, 0.6) is 0 Å². The first kappa shape index (κ1) is 15.5. The van der Waals surface area contributed by atoms with E-state index in [2.05, 4.69) is 10.3 Å². The van der Waals surface area contributed by atoms with Crippen LogP contribution in [0.2, 0.25) is 0 Å². The monoisotopic (exact) mass is 309 g/mol. The molecule has 1 aromatic heterocycles. The fraction of sp³-hybridized carbons (Fsp3) is 0.385. The standard InChI is InChI=1S/C13H19N5O2S/c1-9(2)21(19,20)13-12(15)18(17-16-13)8-11-5-3-10(7-14)4-6-11/h3-6,9H,7-8,14-15H2,1-2H3. The zero-order valence-electron chi connectivity index (χ0n) is 12.0. The molecule has 0 aliphatic rings. The van der Waals surface area contributed by atoms with Crippen LogP contribution < -0.4 is 11.5 Å². The van der Waals surface area contributed by atoms with Crippen LogP contribution in [0.15, 0.2) is 29.3 Å². The summed E-state index contributed by atoms with van der Waals surface area (Å²) >= 11 is 0. The van der Waals surface area contributed by atoms with Crippen molar-refractivity contribution in [2.75, 3.05) is 5.73 Å². The highest BCUT2D eigenvalue weighted by Crippen LogP contribution is 2.20. The van der Waals surface area contributed by atoms with E-state index in [0.717, 1.165) is 11.1 Å². The van der Waals surface area contributed by atoms with Gasteiger partial charge in [-0.15, -0.1) is 5.10 Å². The molecule has 0 aliphatic heterocycles. The third kappa shape index (κ3) is 3.06. The predicted octanol–water partition coefficient (Wildman–Crippen LogP) is 0.549. The van der Waals surface area contributed by atoms with E-state index in [-0.39, 0.29) is 10.8 Å². The maximum atomic E-state index is 12.1. The zero-order valence-corrected chi connectivity index (χ0v) is 12.8. The van der Waals surface area contributed by atoms with Crippen molar-refractivity contribution in [3.63, 3.8) is 0 Å². The van der Waals surface area contributed by atoms with Crippen molar-refractivity contribution in [1.82, 2.24) is 15.0 Å². The molecule has 0 bridgehead atoms.